The Morgan fingerprint density at radius 3 is 2.41 bits per heavy atom. The molecule has 2 heterocycles. The SMILES string of the molecule is O=C(OCC(=O)c1ccc(Cl)s1)c1ccc2c(c1)S(=O)(=O)c1ccccc1C2=O. The van der Waals surface area contributed by atoms with Crippen molar-refractivity contribution in [2.75, 3.05) is 6.61 Å². The first kappa shape index (κ1) is 19.5. The van der Waals surface area contributed by atoms with Crippen LogP contribution < -0.4 is 0 Å². The Kier molecular flexibility index (Phi) is 4.85. The Morgan fingerprint density at radius 2 is 1.69 bits per heavy atom. The van der Waals surface area contributed by atoms with Crippen molar-refractivity contribution in [2.24, 2.45) is 0 Å². The highest BCUT2D eigenvalue weighted by Gasteiger charge is 2.35. The molecule has 29 heavy (non-hydrogen) atoms. The third-order valence-electron chi connectivity index (χ3n) is 4.36. The number of fused-ring (bicyclic) bond motifs is 2. The first-order valence-corrected chi connectivity index (χ1v) is 11.0. The maximum atomic E-state index is 12.9. The van der Waals surface area contributed by atoms with E-state index in [1.807, 2.05) is 0 Å². The Labute approximate surface area is 174 Å². The van der Waals surface area contributed by atoms with Gasteiger partial charge in [-0.25, -0.2) is 13.2 Å². The van der Waals surface area contributed by atoms with Crippen molar-refractivity contribution in [2.45, 2.75) is 9.79 Å². The van der Waals surface area contributed by atoms with Gasteiger partial charge in [0.1, 0.15) is 0 Å². The summed E-state index contributed by atoms with van der Waals surface area (Å²) in [4.78, 5) is 37.0. The Hall–Kier alpha value is -2.81. The smallest absolute Gasteiger partial charge is 0.338 e. The van der Waals surface area contributed by atoms with Gasteiger partial charge in [-0.3, -0.25) is 9.59 Å². The molecule has 3 aromatic rings. The molecule has 1 aliphatic heterocycles. The fourth-order valence-corrected chi connectivity index (χ4v) is 5.61. The molecule has 2 aromatic carbocycles. The van der Waals surface area contributed by atoms with Crippen LogP contribution in [0.3, 0.4) is 0 Å². The molecule has 0 radical (unpaired) electrons. The summed E-state index contributed by atoms with van der Waals surface area (Å²) in [6.07, 6.45) is 0. The summed E-state index contributed by atoms with van der Waals surface area (Å²) in [5, 5.41) is 0. The third-order valence-corrected chi connectivity index (χ3v) is 7.48. The van der Waals surface area contributed by atoms with Gasteiger partial charge in [-0.15, -0.1) is 11.3 Å². The summed E-state index contributed by atoms with van der Waals surface area (Å²) < 4.78 is 31.2. The number of Topliss-reactive ketones (excluding diaryl/α,β-unsaturated/α-hetero) is 1. The molecule has 1 aromatic heterocycles. The second-order valence-electron chi connectivity index (χ2n) is 6.14. The topological polar surface area (TPSA) is 94.6 Å². The lowest BCUT2D eigenvalue weighted by atomic mass is 10.0. The number of ether oxygens (including phenoxy) is 1. The zero-order valence-electron chi connectivity index (χ0n) is 14.5. The molecule has 0 saturated carbocycles. The number of hydrogen-bond donors (Lipinski definition) is 0. The summed E-state index contributed by atoms with van der Waals surface area (Å²) >= 11 is 6.84. The van der Waals surface area contributed by atoms with Gasteiger partial charge in [0, 0.05) is 11.1 Å². The average Bonchev–Trinajstić information content (AvgIpc) is 3.16. The van der Waals surface area contributed by atoms with Crippen LogP contribution in [0.2, 0.25) is 4.34 Å². The minimum atomic E-state index is -3.97. The van der Waals surface area contributed by atoms with E-state index in [-0.39, 0.29) is 26.5 Å². The van der Waals surface area contributed by atoms with Crippen LogP contribution in [0.5, 0.6) is 0 Å². The molecule has 146 valence electrons. The summed E-state index contributed by atoms with van der Waals surface area (Å²) in [5.41, 5.74) is 0.0107. The molecular weight excluding hydrogens is 436 g/mol. The van der Waals surface area contributed by atoms with Gasteiger partial charge in [0.25, 0.3) is 0 Å². The molecule has 1 aliphatic rings. The molecule has 0 fully saturated rings. The number of hydrogen-bond acceptors (Lipinski definition) is 7. The highest BCUT2D eigenvalue weighted by atomic mass is 35.5. The van der Waals surface area contributed by atoms with E-state index in [9.17, 15) is 22.8 Å². The molecule has 0 spiro atoms. The number of halogens is 1. The molecule has 0 N–H and O–H groups in total. The number of rotatable bonds is 4. The molecule has 0 saturated heterocycles. The largest absolute Gasteiger partial charge is 0.454 e. The lowest BCUT2D eigenvalue weighted by Gasteiger charge is -2.19. The van der Waals surface area contributed by atoms with E-state index in [1.165, 1.54) is 36.4 Å². The summed E-state index contributed by atoms with van der Waals surface area (Å²) in [6, 6.07) is 12.7. The van der Waals surface area contributed by atoms with Crippen molar-refractivity contribution < 1.29 is 27.5 Å². The van der Waals surface area contributed by atoms with Crippen LogP contribution in [0, 0.1) is 0 Å². The second-order valence-corrected chi connectivity index (χ2v) is 9.74. The Morgan fingerprint density at radius 1 is 0.966 bits per heavy atom. The fraction of sp³-hybridized carbons (Fsp3) is 0.0500. The normalized spacial score (nSPS) is 14.0. The number of carbonyl (C=O) groups excluding carboxylic acids is 3. The molecule has 4 rings (SSSR count). The predicted molar refractivity (Wildman–Crippen MR) is 106 cm³/mol. The fourth-order valence-electron chi connectivity index (χ4n) is 2.96. The molecule has 6 nitrogen and oxygen atoms in total. The van der Waals surface area contributed by atoms with Crippen molar-refractivity contribution >= 4 is 50.3 Å². The van der Waals surface area contributed by atoms with Crippen molar-refractivity contribution in [1.29, 1.82) is 0 Å². The van der Waals surface area contributed by atoms with E-state index in [0.717, 1.165) is 17.4 Å². The van der Waals surface area contributed by atoms with Crippen LogP contribution in [0.15, 0.2) is 64.4 Å². The number of thiophene rings is 1. The van der Waals surface area contributed by atoms with Gasteiger partial charge >= 0.3 is 5.97 Å². The van der Waals surface area contributed by atoms with Gasteiger partial charge in [0.15, 0.2) is 12.4 Å². The maximum absolute atomic E-state index is 12.9. The van der Waals surface area contributed by atoms with E-state index in [4.69, 9.17) is 16.3 Å². The van der Waals surface area contributed by atoms with Gasteiger partial charge in [0.2, 0.25) is 15.6 Å². The van der Waals surface area contributed by atoms with Crippen molar-refractivity contribution in [1.82, 2.24) is 0 Å². The lowest BCUT2D eigenvalue weighted by Crippen LogP contribution is -2.21. The molecule has 0 amide bonds. The lowest BCUT2D eigenvalue weighted by molar-refractivity contribution is 0.0475. The summed E-state index contributed by atoms with van der Waals surface area (Å²) in [5.74, 6) is -1.73. The van der Waals surface area contributed by atoms with Crippen LogP contribution >= 0.6 is 22.9 Å². The third kappa shape index (κ3) is 3.39. The van der Waals surface area contributed by atoms with Crippen LogP contribution in [-0.2, 0) is 14.6 Å². The van der Waals surface area contributed by atoms with Crippen LogP contribution in [0.4, 0.5) is 0 Å². The minimum absolute atomic E-state index is 0.00967. The standard InChI is InChI=1S/C20H11ClO6S2/c21-18-8-7-15(28-18)14(22)10-27-20(24)11-5-6-13-17(9-11)29(25,26)16-4-2-1-3-12(16)19(13)23/h1-9H,10H2. The Bertz CT molecular complexity index is 1290. The molecule has 0 bridgehead atoms. The zero-order chi connectivity index (χ0) is 20.8. The monoisotopic (exact) mass is 446 g/mol. The van der Waals surface area contributed by atoms with Gasteiger partial charge in [-0.1, -0.05) is 23.7 Å². The number of ketones is 2. The van der Waals surface area contributed by atoms with E-state index < -0.39 is 34.0 Å². The molecular formula is C20H11ClO6S2. The summed E-state index contributed by atoms with van der Waals surface area (Å²) in [7, 11) is -3.97. The van der Waals surface area contributed by atoms with Crippen molar-refractivity contribution in [3.63, 3.8) is 0 Å². The maximum Gasteiger partial charge on any atom is 0.338 e. The van der Waals surface area contributed by atoms with E-state index in [1.54, 1.807) is 12.1 Å². The van der Waals surface area contributed by atoms with Gasteiger partial charge in [-0.2, -0.15) is 0 Å². The molecule has 0 unspecified atom stereocenters. The highest BCUT2D eigenvalue weighted by Crippen LogP contribution is 2.34. The zero-order valence-corrected chi connectivity index (χ0v) is 16.9. The number of benzene rings is 2. The highest BCUT2D eigenvalue weighted by molar-refractivity contribution is 7.91. The van der Waals surface area contributed by atoms with Crippen molar-refractivity contribution in [3.8, 4) is 0 Å². The second kappa shape index (κ2) is 7.22. The molecule has 0 aliphatic carbocycles. The molecule has 9 heteroatoms. The molecule has 0 atom stereocenters. The van der Waals surface area contributed by atoms with Crippen LogP contribution in [-0.4, -0.2) is 32.6 Å². The quantitative estimate of drug-likeness (QED) is 0.349. The first-order chi connectivity index (χ1) is 13.8. The summed E-state index contributed by atoms with van der Waals surface area (Å²) in [6.45, 7) is -0.513. The first-order valence-electron chi connectivity index (χ1n) is 8.27. The number of sulfone groups is 1. The van der Waals surface area contributed by atoms with Gasteiger partial charge in [-0.05, 0) is 42.5 Å². The van der Waals surface area contributed by atoms with Crippen molar-refractivity contribution in [3.05, 3.63) is 80.5 Å². The Balaban J connectivity index is 1.61. The number of carbonyl (C=O) groups is 3. The number of esters is 1. The van der Waals surface area contributed by atoms with Crippen LogP contribution in [0.1, 0.15) is 36.0 Å². The van der Waals surface area contributed by atoms with E-state index >= 15 is 0 Å². The van der Waals surface area contributed by atoms with Crippen LogP contribution in [0.25, 0.3) is 0 Å². The van der Waals surface area contributed by atoms with Gasteiger partial charge < -0.3 is 4.74 Å². The van der Waals surface area contributed by atoms with E-state index in [2.05, 4.69) is 0 Å². The minimum Gasteiger partial charge on any atom is -0.454 e. The predicted octanol–water partition coefficient (Wildman–Crippen LogP) is 3.82. The average molecular weight is 447 g/mol. The van der Waals surface area contributed by atoms with E-state index in [0.29, 0.717) is 9.21 Å². The van der Waals surface area contributed by atoms with Gasteiger partial charge in [0.05, 0.1) is 24.6 Å².